The SMILES string of the molecule is O=C=Nc1cc(Cl)cc(Cl)c1Cl. The van der Waals surface area contributed by atoms with Crippen LogP contribution in [0.4, 0.5) is 5.69 Å². The molecule has 5 heteroatoms. The van der Waals surface area contributed by atoms with Crippen molar-refractivity contribution in [1.82, 2.24) is 0 Å². The first-order valence-corrected chi connectivity index (χ1v) is 4.01. The summed E-state index contributed by atoms with van der Waals surface area (Å²) >= 11 is 17.0. The van der Waals surface area contributed by atoms with Gasteiger partial charge in [0, 0.05) is 5.02 Å². The molecule has 1 aromatic carbocycles. The van der Waals surface area contributed by atoms with Gasteiger partial charge in [0.05, 0.1) is 15.7 Å². The first kappa shape index (κ1) is 9.56. The van der Waals surface area contributed by atoms with Crippen LogP contribution in [0.25, 0.3) is 0 Å². The highest BCUT2D eigenvalue weighted by Gasteiger charge is 2.05. The molecule has 1 rings (SSSR count). The molecule has 2 nitrogen and oxygen atoms in total. The molecule has 1 aromatic rings. The van der Waals surface area contributed by atoms with Gasteiger partial charge in [0.1, 0.15) is 0 Å². The number of hydrogen-bond acceptors (Lipinski definition) is 2. The lowest BCUT2D eigenvalue weighted by molar-refractivity contribution is 0.565. The quantitative estimate of drug-likeness (QED) is 0.405. The lowest BCUT2D eigenvalue weighted by Crippen LogP contribution is -1.72. The Bertz CT molecular complexity index is 358. The van der Waals surface area contributed by atoms with Crippen LogP contribution in [-0.2, 0) is 4.79 Å². The Morgan fingerprint density at radius 1 is 1.25 bits per heavy atom. The summed E-state index contributed by atoms with van der Waals surface area (Å²) in [6.07, 6.45) is 1.35. The number of aliphatic imine (C=N–C) groups is 1. The van der Waals surface area contributed by atoms with E-state index in [4.69, 9.17) is 34.8 Å². The molecule has 0 amide bonds. The standard InChI is InChI=1S/C7H2Cl3NO/c8-4-1-5(9)7(10)6(2-4)11-3-12/h1-2H. The van der Waals surface area contributed by atoms with Crippen molar-refractivity contribution in [1.29, 1.82) is 0 Å². The minimum Gasteiger partial charge on any atom is -0.211 e. The number of halogens is 3. The molecule has 0 aliphatic rings. The minimum atomic E-state index is 0.199. The molecule has 0 saturated heterocycles. The normalized spacial score (nSPS) is 9.25. The van der Waals surface area contributed by atoms with E-state index in [1.165, 1.54) is 18.2 Å². The molecule has 0 saturated carbocycles. The van der Waals surface area contributed by atoms with Crippen molar-refractivity contribution in [2.45, 2.75) is 0 Å². The molecule has 12 heavy (non-hydrogen) atoms. The molecule has 0 fully saturated rings. The molecule has 0 atom stereocenters. The highest BCUT2D eigenvalue weighted by molar-refractivity contribution is 6.44. The van der Waals surface area contributed by atoms with Gasteiger partial charge in [-0.1, -0.05) is 34.8 Å². The van der Waals surface area contributed by atoms with Gasteiger partial charge >= 0.3 is 0 Å². The molecular formula is C7H2Cl3NO. The minimum absolute atomic E-state index is 0.199. The van der Waals surface area contributed by atoms with Crippen molar-refractivity contribution in [3.05, 3.63) is 27.2 Å². The van der Waals surface area contributed by atoms with Gasteiger partial charge in [-0.05, 0) is 12.1 Å². The van der Waals surface area contributed by atoms with Crippen molar-refractivity contribution >= 4 is 46.6 Å². The number of rotatable bonds is 1. The van der Waals surface area contributed by atoms with Gasteiger partial charge in [-0.2, -0.15) is 4.99 Å². The summed E-state index contributed by atoms with van der Waals surface area (Å²) in [6, 6.07) is 2.90. The maximum absolute atomic E-state index is 9.91. The van der Waals surface area contributed by atoms with Gasteiger partial charge in [-0.15, -0.1) is 0 Å². The highest BCUT2D eigenvalue weighted by Crippen LogP contribution is 2.34. The molecule has 0 heterocycles. The molecule has 0 unspecified atom stereocenters. The van der Waals surface area contributed by atoms with Gasteiger partial charge in [0.2, 0.25) is 6.08 Å². The van der Waals surface area contributed by atoms with E-state index in [1.807, 2.05) is 0 Å². The second kappa shape index (κ2) is 3.92. The summed E-state index contributed by atoms with van der Waals surface area (Å²) in [5.41, 5.74) is 0.226. The number of nitrogens with zero attached hydrogens (tertiary/aromatic N) is 1. The van der Waals surface area contributed by atoms with E-state index in [2.05, 4.69) is 4.99 Å². The number of hydrogen-bond donors (Lipinski definition) is 0. The van der Waals surface area contributed by atoms with E-state index in [0.717, 1.165) is 0 Å². The van der Waals surface area contributed by atoms with Crippen LogP contribution < -0.4 is 0 Å². The fourth-order valence-corrected chi connectivity index (χ4v) is 1.31. The van der Waals surface area contributed by atoms with E-state index in [0.29, 0.717) is 5.02 Å². The molecule has 0 N–H and O–H groups in total. The molecule has 0 bridgehead atoms. The van der Waals surface area contributed by atoms with Crippen molar-refractivity contribution in [2.75, 3.05) is 0 Å². The van der Waals surface area contributed by atoms with Crippen LogP contribution >= 0.6 is 34.8 Å². The lowest BCUT2D eigenvalue weighted by atomic mass is 10.3. The molecule has 62 valence electrons. The van der Waals surface area contributed by atoms with Crippen molar-refractivity contribution in [2.24, 2.45) is 4.99 Å². The Morgan fingerprint density at radius 2 is 1.92 bits per heavy atom. The Labute approximate surface area is 83.8 Å². The van der Waals surface area contributed by atoms with Gasteiger partial charge in [0.15, 0.2) is 0 Å². The zero-order valence-electron chi connectivity index (χ0n) is 5.64. The molecule has 0 aliphatic carbocycles. The van der Waals surface area contributed by atoms with Crippen molar-refractivity contribution < 1.29 is 4.79 Å². The molecule has 0 aliphatic heterocycles. The summed E-state index contributed by atoms with van der Waals surface area (Å²) in [4.78, 5) is 13.2. The summed E-state index contributed by atoms with van der Waals surface area (Å²) in [5, 5.41) is 0.834. The Morgan fingerprint density at radius 3 is 2.50 bits per heavy atom. The van der Waals surface area contributed by atoms with Crippen LogP contribution in [0.1, 0.15) is 0 Å². The summed E-state index contributed by atoms with van der Waals surface area (Å²) in [5.74, 6) is 0. The second-order valence-electron chi connectivity index (χ2n) is 1.92. The predicted molar refractivity (Wildman–Crippen MR) is 49.3 cm³/mol. The summed E-state index contributed by atoms with van der Waals surface area (Å²) in [6.45, 7) is 0. The second-order valence-corrected chi connectivity index (χ2v) is 3.15. The third-order valence-corrected chi connectivity index (χ3v) is 2.15. The van der Waals surface area contributed by atoms with Crippen LogP contribution in [0.15, 0.2) is 17.1 Å². The molecule has 0 radical (unpaired) electrons. The number of isocyanates is 1. The van der Waals surface area contributed by atoms with Crippen LogP contribution in [0.5, 0.6) is 0 Å². The molecule has 0 spiro atoms. The van der Waals surface area contributed by atoms with Gasteiger partial charge < -0.3 is 0 Å². The molecular weight excluding hydrogens is 220 g/mol. The maximum Gasteiger partial charge on any atom is 0.240 e. The van der Waals surface area contributed by atoms with Crippen molar-refractivity contribution in [3.8, 4) is 0 Å². The smallest absolute Gasteiger partial charge is 0.211 e. The average molecular weight is 222 g/mol. The Hall–Kier alpha value is -0.530. The van der Waals surface area contributed by atoms with E-state index in [-0.39, 0.29) is 15.7 Å². The topological polar surface area (TPSA) is 29.4 Å². The third-order valence-electron chi connectivity index (χ3n) is 1.14. The van der Waals surface area contributed by atoms with Crippen LogP contribution in [-0.4, -0.2) is 6.08 Å². The predicted octanol–water partition coefficient (Wildman–Crippen LogP) is 3.61. The zero-order valence-corrected chi connectivity index (χ0v) is 7.91. The van der Waals surface area contributed by atoms with Crippen molar-refractivity contribution in [3.63, 3.8) is 0 Å². The monoisotopic (exact) mass is 221 g/mol. The first-order chi connectivity index (χ1) is 5.65. The van der Waals surface area contributed by atoms with E-state index >= 15 is 0 Å². The number of carbonyl (C=O) groups excluding carboxylic acids is 1. The van der Waals surface area contributed by atoms with E-state index < -0.39 is 0 Å². The van der Waals surface area contributed by atoms with Crippen LogP contribution in [0.2, 0.25) is 15.1 Å². The fourth-order valence-electron chi connectivity index (χ4n) is 0.673. The Balaban J connectivity index is 3.36. The third kappa shape index (κ3) is 1.99. The average Bonchev–Trinajstić information content (AvgIpc) is 2.00. The fraction of sp³-hybridized carbons (Fsp3) is 0. The van der Waals surface area contributed by atoms with Gasteiger partial charge in [-0.25, -0.2) is 4.79 Å². The first-order valence-electron chi connectivity index (χ1n) is 2.87. The van der Waals surface area contributed by atoms with Crippen LogP contribution in [0, 0.1) is 0 Å². The summed E-state index contributed by atoms with van der Waals surface area (Å²) < 4.78 is 0. The van der Waals surface area contributed by atoms with E-state index in [1.54, 1.807) is 0 Å². The zero-order chi connectivity index (χ0) is 9.14. The largest absolute Gasteiger partial charge is 0.240 e. The highest BCUT2D eigenvalue weighted by atomic mass is 35.5. The van der Waals surface area contributed by atoms with Gasteiger partial charge in [-0.3, -0.25) is 0 Å². The lowest BCUT2D eigenvalue weighted by Gasteiger charge is -1.98. The van der Waals surface area contributed by atoms with E-state index in [9.17, 15) is 4.79 Å². The summed E-state index contributed by atoms with van der Waals surface area (Å²) in [7, 11) is 0. The molecule has 0 aromatic heterocycles. The maximum atomic E-state index is 9.91. The van der Waals surface area contributed by atoms with Crippen LogP contribution in [0.3, 0.4) is 0 Å². The Kier molecular flexibility index (Phi) is 3.12. The number of benzene rings is 1. The van der Waals surface area contributed by atoms with Gasteiger partial charge in [0.25, 0.3) is 0 Å².